The lowest BCUT2D eigenvalue weighted by atomic mass is 9.61. The van der Waals surface area contributed by atoms with Crippen LogP contribution in [0, 0.1) is 35.4 Å². The minimum absolute atomic E-state index is 0.0848. The van der Waals surface area contributed by atoms with Gasteiger partial charge in [0.15, 0.2) is 0 Å². The first-order chi connectivity index (χ1) is 12.5. The van der Waals surface area contributed by atoms with E-state index in [9.17, 15) is 9.18 Å². The van der Waals surface area contributed by atoms with Crippen LogP contribution < -0.4 is 0 Å². The summed E-state index contributed by atoms with van der Waals surface area (Å²) in [7, 11) is 1.31. The van der Waals surface area contributed by atoms with Crippen molar-refractivity contribution in [2.75, 3.05) is 7.11 Å². The van der Waals surface area contributed by atoms with Crippen LogP contribution in [0.25, 0.3) is 0 Å². The molecule has 0 amide bonds. The van der Waals surface area contributed by atoms with Crippen molar-refractivity contribution < 1.29 is 13.9 Å². The lowest BCUT2D eigenvalue weighted by molar-refractivity contribution is 0.0595. The van der Waals surface area contributed by atoms with E-state index >= 15 is 0 Å². The Kier molecular flexibility index (Phi) is 5.07. The number of methoxy groups -OCH3 is 1. The molecule has 2 nitrogen and oxygen atoms in total. The average Bonchev–Trinajstić information content (AvgIpc) is 2.66. The molecule has 26 heavy (non-hydrogen) atoms. The van der Waals surface area contributed by atoms with E-state index in [-0.39, 0.29) is 5.56 Å². The molecule has 142 valence electrons. The average molecular weight is 358 g/mol. The van der Waals surface area contributed by atoms with Crippen molar-refractivity contribution >= 4 is 5.97 Å². The van der Waals surface area contributed by atoms with Crippen LogP contribution in [0.15, 0.2) is 12.1 Å². The van der Waals surface area contributed by atoms with Gasteiger partial charge in [-0.2, -0.15) is 0 Å². The second-order valence-corrected chi connectivity index (χ2v) is 9.11. The van der Waals surface area contributed by atoms with Crippen molar-refractivity contribution in [3.8, 4) is 0 Å². The molecule has 5 unspecified atom stereocenters. The maximum absolute atomic E-state index is 14.3. The number of aryl methyl sites for hydroxylation is 1. The molecule has 0 saturated heterocycles. The quantitative estimate of drug-likeness (QED) is 0.646. The smallest absolute Gasteiger partial charge is 0.340 e. The summed E-state index contributed by atoms with van der Waals surface area (Å²) >= 11 is 0. The van der Waals surface area contributed by atoms with Crippen LogP contribution in [0.1, 0.15) is 73.4 Å². The number of benzene rings is 1. The van der Waals surface area contributed by atoms with Crippen molar-refractivity contribution in [2.24, 2.45) is 29.6 Å². The number of ether oxygens (including phenoxy) is 1. The van der Waals surface area contributed by atoms with E-state index in [1.165, 1.54) is 52.1 Å². The lowest BCUT2D eigenvalue weighted by Crippen LogP contribution is -2.34. The van der Waals surface area contributed by atoms with E-state index in [0.29, 0.717) is 5.92 Å². The number of hydrogen-bond donors (Lipinski definition) is 0. The Morgan fingerprint density at radius 3 is 2.42 bits per heavy atom. The summed E-state index contributed by atoms with van der Waals surface area (Å²) in [4.78, 5) is 11.7. The van der Waals surface area contributed by atoms with Gasteiger partial charge in [-0.15, -0.1) is 0 Å². The van der Waals surface area contributed by atoms with Crippen LogP contribution in [-0.4, -0.2) is 13.1 Å². The molecule has 3 aliphatic carbocycles. The highest BCUT2D eigenvalue weighted by Crippen LogP contribution is 2.48. The Bertz CT molecular complexity index is 683. The van der Waals surface area contributed by atoms with Crippen molar-refractivity contribution in [3.05, 3.63) is 34.6 Å². The number of rotatable bonds is 2. The molecule has 0 heterocycles. The fourth-order valence-corrected chi connectivity index (χ4v) is 6.06. The highest BCUT2D eigenvalue weighted by atomic mass is 19.1. The van der Waals surface area contributed by atoms with Crippen LogP contribution >= 0.6 is 0 Å². The predicted molar refractivity (Wildman–Crippen MR) is 101 cm³/mol. The van der Waals surface area contributed by atoms with E-state index in [0.717, 1.165) is 47.6 Å². The fourth-order valence-electron chi connectivity index (χ4n) is 6.06. The Labute approximate surface area is 156 Å². The molecule has 0 bridgehead atoms. The Hall–Kier alpha value is -1.38. The molecule has 0 aliphatic heterocycles. The van der Waals surface area contributed by atoms with Crippen LogP contribution in [0.4, 0.5) is 4.39 Å². The van der Waals surface area contributed by atoms with Gasteiger partial charge in [0.05, 0.1) is 12.7 Å². The molecule has 0 N–H and O–H groups in total. The zero-order chi connectivity index (χ0) is 18.3. The van der Waals surface area contributed by atoms with Crippen molar-refractivity contribution in [1.29, 1.82) is 0 Å². The predicted octanol–water partition coefficient (Wildman–Crippen LogP) is 5.57. The molecule has 1 aromatic carbocycles. The zero-order valence-corrected chi connectivity index (χ0v) is 16.1. The van der Waals surface area contributed by atoms with E-state index < -0.39 is 11.8 Å². The summed E-state index contributed by atoms with van der Waals surface area (Å²) in [6, 6.07) is 3.33. The molecule has 4 rings (SSSR count). The zero-order valence-electron chi connectivity index (χ0n) is 16.1. The first-order valence-corrected chi connectivity index (χ1v) is 10.4. The Balaban J connectivity index is 1.45. The topological polar surface area (TPSA) is 26.3 Å². The van der Waals surface area contributed by atoms with E-state index in [1.54, 1.807) is 12.1 Å². The summed E-state index contributed by atoms with van der Waals surface area (Å²) in [6.45, 7) is 2.41. The molecule has 5 atom stereocenters. The summed E-state index contributed by atoms with van der Waals surface area (Å²) in [5.74, 6) is 3.31. The van der Waals surface area contributed by atoms with Crippen molar-refractivity contribution in [2.45, 2.75) is 64.7 Å². The van der Waals surface area contributed by atoms with Crippen molar-refractivity contribution in [1.82, 2.24) is 0 Å². The van der Waals surface area contributed by atoms with Gasteiger partial charge in [0.25, 0.3) is 0 Å². The van der Waals surface area contributed by atoms with E-state index in [4.69, 9.17) is 4.74 Å². The molecular formula is C23H31FO2. The second kappa shape index (κ2) is 7.32. The van der Waals surface area contributed by atoms with Gasteiger partial charge in [0.2, 0.25) is 0 Å². The molecule has 3 aliphatic rings. The SMILES string of the molecule is COC(=O)c1cc2c(cc1F)CC(C1CCC3CC(C)CCC3C1)CC2. The number of fused-ring (bicyclic) bond motifs is 2. The Morgan fingerprint density at radius 1 is 0.962 bits per heavy atom. The summed E-state index contributed by atoms with van der Waals surface area (Å²) in [5.41, 5.74) is 2.34. The third-order valence-electron chi connectivity index (χ3n) is 7.54. The van der Waals surface area contributed by atoms with E-state index in [2.05, 4.69) is 6.92 Å². The third kappa shape index (κ3) is 3.42. The highest BCUT2D eigenvalue weighted by Gasteiger charge is 2.38. The number of halogens is 1. The summed E-state index contributed by atoms with van der Waals surface area (Å²) < 4.78 is 19.0. The molecule has 2 saturated carbocycles. The first-order valence-electron chi connectivity index (χ1n) is 10.4. The summed E-state index contributed by atoms with van der Waals surface area (Å²) in [5, 5.41) is 0. The largest absolute Gasteiger partial charge is 0.465 e. The standard InChI is InChI=1S/C23H31FO2/c1-14-3-4-16-10-17(6-5-15(16)9-14)18-7-8-19-12-21(23(25)26-2)22(24)13-20(19)11-18/h12-18H,3-11H2,1-2H3. The molecule has 0 radical (unpaired) electrons. The number of carbonyl (C=O) groups is 1. The van der Waals surface area contributed by atoms with Crippen LogP contribution in [0.5, 0.6) is 0 Å². The molecule has 2 fully saturated rings. The maximum Gasteiger partial charge on any atom is 0.340 e. The number of esters is 1. The molecule has 1 aromatic rings. The lowest BCUT2D eigenvalue weighted by Gasteiger charge is -2.44. The monoisotopic (exact) mass is 358 g/mol. The normalized spacial score (nSPS) is 33.9. The van der Waals surface area contributed by atoms with E-state index in [1.807, 2.05) is 0 Å². The molecule has 0 aromatic heterocycles. The van der Waals surface area contributed by atoms with Gasteiger partial charge in [0, 0.05) is 0 Å². The van der Waals surface area contributed by atoms with Gasteiger partial charge < -0.3 is 4.74 Å². The van der Waals surface area contributed by atoms with Gasteiger partial charge in [-0.1, -0.05) is 13.3 Å². The van der Waals surface area contributed by atoms with Gasteiger partial charge in [-0.3, -0.25) is 0 Å². The van der Waals surface area contributed by atoms with Gasteiger partial charge >= 0.3 is 5.97 Å². The highest BCUT2D eigenvalue weighted by molar-refractivity contribution is 5.90. The first kappa shape index (κ1) is 18.0. The van der Waals surface area contributed by atoms with Gasteiger partial charge in [-0.05, 0) is 104 Å². The Morgan fingerprint density at radius 2 is 1.65 bits per heavy atom. The minimum Gasteiger partial charge on any atom is -0.465 e. The number of carbonyl (C=O) groups excluding carboxylic acids is 1. The van der Waals surface area contributed by atoms with Crippen molar-refractivity contribution in [3.63, 3.8) is 0 Å². The second-order valence-electron chi connectivity index (χ2n) is 9.11. The molecular weight excluding hydrogens is 327 g/mol. The van der Waals surface area contributed by atoms with Gasteiger partial charge in [0.1, 0.15) is 5.82 Å². The third-order valence-corrected chi connectivity index (χ3v) is 7.54. The van der Waals surface area contributed by atoms with Crippen LogP contribution in [0.2, 0.25) is 0 Å². The number of hydrogen-bond acceptors (Lipinski definition) is 2. The van der Waals surface area contributed by atoms with Crippen LogP contribution in [-0.2, 0) is 17.6 Å². The molecule has 3 heteroatoms. The molecule has 0 spiro atoms. The minimum atomic E-state index is -0.572. The summed E-state index contributed by atoms with van der Waals surface area (Å²) in [6.07, 6.45) is 11.5. The maximum atomic E-state index is 14.3. The fraction of sp³-hybridized carbons (Fsp3) is 0.696. The van der Waals surface area contributed by atoms with Crippen LogP contribution in [0.3, 0.4) is 0 Å². The van der Waals surface area contributed by atoms with Gasteiger partial charge in [-0.25, -0.2) is 9.18 Å².